The molecule has 1 aromatic heterocycles. The lowest BCUT2D eigenvalue weighted by atomic mass is 10.1. The van der Waals surface area contributed by atoms with Crippen LogP contribution in [0.2, 0.25) is 0 Å². The van der Waals surface area contributed by atoms with Gasteiger partial charge in [-0.3, -0.25) is 4.79 Å². The highest BCUT2D eigenvalue weighted by Gasteiger charge is 2.31. The molecule has 0 aliphatic rings. The molecule has 0 atom stereocenters. The number of tetrazole rings is 1. The fourth-order valence-electron chi connectivity index (χ4n) is 1.22. The Morgan fingerprint density at radius 1 is 1.39 bits per heavy atom. The maximum Gasteiger partial charge on any atom is 0.321 e. The predicted octanol–water partition coefficient (Wildman–Crippen LogP) is -0.235. The van der Waals surface area contributed by atoms with Crippen molar-refractivity contribution in [1.29, 1.82) is 0 Å². The van der Waals surface area contributed by atoms with Crippen LogP contribution in [0.1, 0.15) is 27.7 Å². The fourth-order valence-corrected chi connectivity index (χ4v) is 2.47. The zero-order valence-electron chi connectivity index (χ0n) is 10.7. The third-order valence-electron chi connectivity index (χ3n) is 1.97. The molecule has 102 valence electrons. The van der Waals surface area contributed by atoms with Crippen LogP contribution in [-0.2, 0) is 24.9 Å². The second kappa shape index (κ2) is 5.01. The molecule has 0 N–H and O–H groups in total. The van der Waals surface area contributed by atoms with Crippen molar-refractivity contribution in [3.05, 3.63) is 0 Å². The summed E-state index contributed by atoms with van der Waals surface area (Å²) in [6, 6.07) is 0. The molecule has 0 bridgehead atoms. The number of nitrogens with zero attached hydrogens (tertiary/aromatic N) is 4. The van der Waals surface area contributed by atoms with Crippen molar-refractivity contribution in [2.75, 3.05) is 12.4 Å². The fraction of sp³-hybridized carbons (Fsp3) is 0.778. The van der Waals surface area contributed by atoms with Crippen LogP contribution in [0.5, 0.6) is 0 Å². The largest absolute Gasteiger partial charge is 0.465 e. The van der Waals surface area contributed by atoms with Gasteiger partial charge in [-0.1, -0.05) is 5.10 Å². The maximum absolute atomic E-state index is 12.0. The van der Waals surface area contributed by atoms with Crippen molar-refractivity contribution in [2.45, 2.75) is 38.4 Å². The van der Waals surface area contributed by atoms with Crippen LogP contribution in [0.4, 0.5) is 0 Å². The normalized spacial score (nSPS) is 12.4. The first-order chi connectivity index (χ1) is 8.18. The Kier molecular flexibility index (Phi) is 4.05. The molecular formula is C9H16N4O4S. The summed E-state index contributed by atoms with van der Waals surface area (Å²) in [5, 5.41) is 10.1. The second-order valence-electron chi connectivity index (χ2n) is 4.61. The summed E-state index contributed by atoms with van der Waals surface area (Å²) >= 11 is 0. The summed E-state index contributed by atoms with van der Waals surface area (Å²) in [6.45, 7) is 6.99. The van der Waals surface area contributed by atoms with E-state index < -0.39 is 27.1 Å². The van der Waals surface area contributed by atoms with E-state index in [0.29, 0.717) is 0 Å². The van der Waals surface area contributed by atoms with E-state index in [-0.39, 0.29) is 11.8 Å². The maximum atomic E-state index is 12.0. The minimum absolute atomic E-state index is 0.124. The van der Waals surface area contributed by atoms with Crippen molar-refractivity contribution in [3.63, 3.8) is 0 Å². The zero-order chi connectivity index (χ0) is 14.0. The standard InChI is InChI=1S/C9H16N4O4S/c1-5-17-7(14)6-18(15,16)8-10-11-12-13(8)9(2,3)4/h5-6H2,1-4H3. The lowest BCUT2D eigenvalue weighted by Crippen LogP contribution is -2.29. The van der Waals surface area contributed by atoms with Gasteiger partial charge in [-0.25, -0.2) is 13.1 Å². The van der Waals surface area contributed by atoms with Gasteiger partial charge in [0.2, 0.25) is 9.84 Å². The highest BCUT2D eigenvalue weighted by molar-refractivity contribution is 7.91. The summed E-state index contributed by atoms with van der Waals surface area (Å²) in [4.78, 5) is 11.2. The van der Waals surface area contributed by atoms with Crippen LogP contribution in [-0.4, -0.2) is 47.0 Å². The van der Waals surface area contributed by atoms with Crippen molar-refractivity contribution in [3.8, 4) is 0 Å². The van der Waals surface area contributed by atoms with E-state index in [1.807, 2.05) is 0 Å². The number of rotatable bonds is 4. The molecule has 8 nitrogen and oxygen atoms in total. The number of esters is 1. The molecule has 0 unspecified atom stereocenters. The number of hydrogen-bond donors (Lipinski definition) is 0. The average molecular weight is 276 g/mol. The second-order valence-corrected chi connectivity index (χ2v) is 6.49. The molecule has 0 aliphatic heterocycles. The topological polar surface area (TPSA) is 104 Å². The van der Waals surface area contributed by atoms with E-state index >= 15 is 0 Å². The number of aromatic nitrogens is 4. The summed E-state index contributed by atoms with van der Waals surface area (Å²) in [7, 11) is -3.90. The van der Waals surface area contributed by atoms with E-state index in [9.17, 15) is 13.2 Å². The first-order valence-electron chi connectivity index (χ1n) is 5.35. The van der Waals surface area contributed by atoms with Gasteiger partial charge < -0.3 is 4.74 Å². The molecule has 18 heavy (non-hydrogen) atoms. The van der Waals surface area contributed by atoms with Gasteiger partial charge in [0.25, 0.3) is 5.16 Å². The smallest absolute Gasteiger partial charge is 0.321 e. The van der Waals surface area contributed by atoms with Gasteiger partial charge in [0.15, 0.2) is 5.75 Å². The highest BCUT2D eigenvalue weighted by atomic mass is 32.2. The Bertz CT molecular complexity index is 529. The molecule has 0 aromatic carbocycles. The summed E-state index contributed by atoms with van der Waals surface area (Å²) in [5.74, 6) is -1.59. The van der Waals surface area contributed by atoms with Crippen LogP contribution in [0.25, 0.3) is 0 Å². The lowest BCUT2D eigenvalue weighted by Gasteiger charge is -2.19. The number of sulfone groups is 1. The SMILES string of the molecule is CCOC(=O)CS(=O)(=O)c1nnnn1C(C)(C)C. The van der Waals surface area contributed by atoms with Gasteiger partial charge >= 0.3 is 5.97 Å². The van der Waals surface area contributed by atoms with Crippen LogP contribution in [0, 0.1) is 0 Å². The Hall–Kier alpha value is -1.51. The van der Waals surface area contributed by atoms with Gasteiger partial charge in [-0.2, -0.15) is 0 Å². The summed E-state index contributed by atoms with van der Waals surface area (Å²) in [5.41, 5.74) is -0.597. The quantitative estimate of drug-likeness (QED) is 0.699. The predicted molar refractivity (Wildman–Crippen MR) is 61.5 cm³/mol. The Balaban J connectivity index is 3.07. The van der Waals surface area contributed by atoms with Gasteiger partial charge in [0, 0.05) is 0 Å². The zero-order valence-corrected chi connectivity index (χ0v) is 11.6. The van der Waals surface area contributed by atoms with E-state index in [1.165, 1.54) is 4.68 Å². The first-order valence-corrected chi connectivity index (χ1v) is 7.01. The van der Waals surface area contributed by atoms with Crippen LogP contribution >= 0.6 is 0 Å². The first kappa shape index (κ1) is 14.6. The number of hydrogen-bond acceptors (Lipinski definition) is 7. The Labute approximate surface area is 105 Å². The molecule has 0 radical (unpaired) electrons. The monoisotopic (exact) mass is 276 g/mol. The third kappa shape index (κ3) is 3.25. The Morgan fingerprint density at radius 2 is 2.00 bits per heavy atom. The molecule has 1 rings (SSSR count). The van der Waals surface area contributed by atoms with E-state index in [0.717, 1.165) is 0 Å². The summed E-state index contributed by atoms with van der Waals surface area (Å²) in [6.07, 6.45) is 0. The van der Waals surface area contributed by atoms with Crippen molar-refractivity contribution in [2.24, 2.45) is 0 Å². The van der Waals surface area contributed by atoms with E-state index in [1.54, 1.807) is 27.7 Å². The van der Waals surface area contributed by atoms with Crippen LogP contribution < -0.4 is 0 Å². The molecule has 0 fully saturated rings. The summed E-state index contributed by atoms with van der Waals surface area (Å²) < 4.78 is 29.7. The van der Waals surface area contributed by atoms with Crippen LogP contribution in [0.3, 0.4) is 0 Å². The minimum atomic E-state index is -3.90. The third-order valence-corrected chi connectivity index (χ3v) is 3.39. The lowest BCUT2D eigenvalue weighted by molar-refractivity contribution is -0.139. The number of carbonyl (C=O) groups is 1. The van der Waals surface area contributed by atoms with Crippen molar-refractivity contribution >= 4 is 15.8 Å². The molecule has 0 spiro atoms. The van der Waals surface area contributed by atoms with E-state index in [2.05, 4.69) is 20.3 Å². The highest BCUT2D eigenvalue weighted by Crippen LogP contribution is 2.17. The van der Waals surface area contributed by atoms with E-state index in [4.69, 9.17) is 0 Å². The molecule has 1 heterocycles. The molecule has 0 amide bonds. The molecular weight excluding hydrogens is 260 g/mol. The number of carbonyl (C=O) groups excluding carboxylic acids is 1. The minimum Gasteiger partial charge on any atom is -0.465 e. The van der Waals surface area contributed by atoms with Gasteiger partial charge in [0.1, 0.15) is 0 Å². The average Bonchev–Trinajstić information content (AvgIpc) is 2.64. The molecule has 1 aromatic rings. The molecule has 0 saturated heterocycles. The van der Waals surface area contributed by atoms with Crippen molar-refractivity contribution in [1.82, 2.24) is 20.2 Å². The van der Waals surface area contributed by atoms with Gasteiger partial charge in [-0.05, 0) is 38.1 Å². The van der Waals surface area contributed by atoms with Gasteiger partial charge in [0.05, 0.1) is 12.1 Å². The Morgan fingerprint density at radius 3 is 2.50 bits per heavy atom. The molecule has 0 saturated carbocycles. The van der Waals surface area contributed by atoms with Crippen molar-refractivity contribution < 1.29 is 17.9 Å². The number of ether oxygens (including phenoxy) is 1. The molecule has 9 heteroatoms. The van der Waals surface area contributed by atoms with Gasteiger partial charge in [-0.15, -0.1) is 0 Å². The van der Waals surface area contributed by atoms with Crippen LogP contribution in [0.15, 0.2) is 5.16 Å². The molecule has 0 aliphatic carbocycles.